The van der Waals surface area contributed by atoms with Gasteiger partial charge in [0.05, 0.1) is 10.6 Å². The molecule has 0 radical (unpaired) electrons. The molecule has 198 valence electrons. The second-order valence-electron chi connectivity index (χ2n) is 8.64. The van der Waals surface area contributed by atoms with Gasteiger partial charge in [-0.25, -0.2) is 4.39 Å². The smallest absolute Gasteiger partial charge is 0.267 e. The van der Waals surface area contributed by atoms with Gasteiger partial charge in [0.1, 0.15) is 11.4 Å². The number of nitrogens with zero attached hydrogens (tertiary/aromatic N) is 1. The molecule has 3 N–H and O–H groups in total. The molecule has 0 aliphatic carbocycles. The third-order valence-corrected chi connectivity index (χ3v) is 6.39. The van der Waals surface area contributed by atoms with Crippen molar-refractivity contribution in [1.82, 2.24) is 15.3 Å². The first-order valence-corrected chi connectivity index (χ1v) is 12.6. The summed E-state index contributed by atoms with van der Waals surface area (Å²) in [6.07, 6.45) is 8.48. The number of pyridine rings is 1. The Morgan fingerprint density at radius 3 is 2.67 bits per heavy atom. The number of halogens is 3. The Bertz CT molecular complexity index is 1800. The van der Waals surface area contributed by atoms with Gasteiger partial charge in [-0.05, 0) is 60.7 Å². The number of anilines is 1. The number of carbonyl (C=O) groups excluding carboxylic acids is 2. The molecule has 7 nitrogen and oxygen atoms in total. The Kier molecular flexibility index (Phi) is 7.69. The molecular weight excluding hydrogens is 554 g/mol. The van der Waals surface area contributed by atoms with E-state index < -0.39 is 11.7 Å². The molecule has 40 heavy (non-hydrogen) atoms. The Morgan fingerprint density at radius 1 is 1.05 bits per heavy atom. The molecule has 0 unspecified atom stereocenters. The lowest BCUT2D eigenvalue weighted by atomic mass is 10.2. The predicted octanol–water partition coefficient (Wildman–Crippen LogP) is 6.96. The van der Waals surface area contributed by atoms with Gasteiger partial charge in [-0.15, -0.1) is 6.42 Å². The molecular formula is C30H19Cl2FN4O3. The van der Waals surface area contributed by atoms with Gasteiger partial charge in [0.15, 0.2) is 11.6 Å². The topological polar surface area (TPSA) is 96.1 Å². The molecule has 0 bridgehead atoms. The number of fused-ring (bicyclic) bond motifs is 1. The fourth-order valence-corrected chi connectivity index (χ4v) is 4.34. The normalized spacial score (nSPS) is 10.7. The molecule has 5 aromatic rings. The van der Waals surface area contributed by atoms with Gasteiger partial charge in [0, 0.05) is 51.7 Å². The van der Waals surface area contributed by atoms with E-state index in [0.717, 1.165) is 0 Å². The van der Waals surface area contributed by atoms with Crippen LogP contribution in [0.4, 0.5) is 10.1 Å². The van der Waals surface area contributed by atoms with E-state index in [0.29, 0.717) is 32.7 Å². The van der Waals surface area contributed by atoms with Crippen LogP contribution >= 0.6 is 23.2 Å². The Hall–Kier alpha value is -4.84. The van der Waals surface area contributed by atoms with Gasteiger partial charge in [-0.3, -0.25) is 14.6 Å². The minimum atomic E-state index is -0.735. The monoisotopic (exact) mass is 572 g/mol. The van der Waals surface area contributed by atoms with Crippen LogP contribution in [0.1, 0.15) is 32.0 Å². The van der Waals surface area contributed by atoms with Crippen LogP contribution in [0.15, 0.2) is 79.1 Å². The van der Waals surface area contributed by atoms with Crippen LogP contribution in [0.25, 0.3) is 10.9 Å². The van der Waals surface area contributed by atoms with Crippen LogP contribution in [-0.4, -0.2) is 21.8 Å². The van der Waals surface area contributed by atoms with Crippen molar-refractivity contribution in [2.75, 3.05) is 5.32 Å². The molecule has 3 aromatic carbocycles. The molecule has 0 spiro atoms. The predicted molar refractivity (Wildman–Crippen MR) is 153 cm³/mol. The molecule has 2 heterocycles. The molecule has 0 aliphatic heterocycles. The minimum absolute atomic E-state index is 0.0387. The highest BCUT2D eigenvalue weighted by atomic mass is 35.5. The average Bonchev–Trinajstić information content (AvgIpc) is 3.38. The summed E-state index contributed by atoms with van der Waals surface area (Å²) in [6.45, 7) is -0.134. The quantitative estimate of drug-likeness (QED) is 0.183. The lowest BCUT2D eigenvalue weighted by Gasteiger charge is -2.13. The van der Waals surface area contributed by atoms with Gasteiger partial charge in [0.2, 0.25) is 0 Å². The fraction of sp³-hybridized carbons (Fsp3) is 0.0333. The number of rotatable bonds is 7. The van der Waals surface area contributed by atoms with E-state index in [4.69, 9.17) is 34.4 Å². The molecule has 0 aliphatic rings. The zero-order chi connectivity index (χ0) is 28.2. The van der Waals surface area contributed by atoms with Crippen LogP contribution in [0.5, 0.6) is 11.5 Å². The first-order valence-electron chi connectivity index (χ1n) is 11.8. The van der Waals surface area contributed by atoms with E-state index in [1.165, 1.54) is 30.5 Å². The number of nitrogens with one attached hydrogen (secondary N) is 3. The van der Waals surface area contributed by atoms with Crippen molar-refractivity contribution < 1.29 is 18.7 Å². The minimum Gasteiger partial charge on any atom is -0.453 e. The summed E-state index contributed by atoms with van der Waals surface area (Å²) < 4.78 is 21.0. The summed E-state index contributed by atoms with van der Waals surface area (Å²) >= 11 is 12.2. The van der Waals surface area contributed by atoms with E-state index in [1.807, 2.05) is 0 Å². The van der Waals surface area contributed by atoms with Crippen molar-refractivity contribution in [2.45, 2.75) is 6.54 Å². The molecule has 0 fully saturated rings. The van der Waals surface area contributed by atoms with Gasteiger partial charge >= 0.3 is 0 Å². The number of H-pyrrole nitrogens is 1. The van der Waals surface area contributed by atoms with Crippen LogP contribution in [0.3, 0.4) is 0 Å². The summed E-state index contributed by atoms with van der Waals surface area (Å²) in [7, 11) is 0. The van der Waals surface area contributed by atoms with Crippen LogP contribution in [0.2, 0.25) is 10.0 Å². The van der Waals surface area contributed by atoms with E-state index in [-0.39, 0.29) is 40.2 Å². The number of amides is 2. The highest BCUT2D eigenvalue weighted by Gasteiger charge is 2.17. The second kappa shape index (κ2) is 11.5. The van der Waals surface area contributed by atoms with Crippen molar-refractivity contribution in [3.05, 3.63) is 117 Å². The number of terminal acetylenes is 1. The van der Waals surface area contributed by atoms with Crippen molar-refractivity contribution in [1.29, 1.82) is 0 Å². The third kappa shape index (κ3) is 5.91. The molecule has 2 amide bonds. The molecule has 0 atom stereocenters. The highest BCUT2D eigenvalue weighted by molar-refractivity contribution is 6.32. The van der Waals surface area contributed by atoms with E-state index in [1.54, 1.807) is 48.7 Å². The number of ether oxygens (including phenoxy) is 1. The number of aromatic amines is 1. The van der Waals surface area contributed by atoms with Gasteiger partial charge < -0.3 is 20.4 Å². The Labute approximate surface area is 238 Å². The zero-order valence-electron chi connectivity index (χ0n) is 20.6. The van der Waals surface area contributed by atoms with Crippen LogP contribution in [0, 0.1) is 18.2 Å². The van der Waals surface area contributed by atoms with Crippen LogP contribution < -0.4 is 15.4 Å². The van der Waals surface area contributed by atoms with Gasteiger partial charge in [-0.2, -0.15) is 0 Å². The van der Waals surface area contributed by atoms with Crippen LogP contribution in [-0.2, 0) is 6.54 Å². The standard InChI is InChI=1S/C30H19Cl2FN4O3/c1-2-17-10-21(31)14-23(11-17)40-28-24(32)7-5-18(27(28)33)16-35-30(39)26-13-20-12-22(6-8-25(20)37-26)36-29(38)19-4-3-9-34-15-19/h1,3-15,37H,16H2,(H,35,39)(H,36,38). The largest absolute Gasteiger partial charge is 0.453 e. The molecule has 2 aromatic heterocycles. The summed E-state index contributed by atoms with van der Waals surface area (Å²) in [5.41, 5.74) is 2.54. The molecule has 0 saturated carbocycles. The van der Waals surface area contributed by atoms with Crippen molar-refractivity contribution in [3.63, 3.8) is 0 Å². The highest BCUT2D eigenvalue weighted by Crippen LogP contribution is 2.35. The van der Waals surface area contributed by atoms with Crippen molar-refractivity contribution in [2.24, 2.45) is 0 Å². The van der Waals surface area contributed by atoms with Gasteiger partial charge in [0.25, 0.3) is 11.8 Å². The van der Waals surface area contributed by atoms with E-state index in [2.05, 4.69) is 26.5 Å². The summed E-state index contributed by atoms with van der Waals surface area (Å²) in [5, 5.41) is 6.56. The lowest BCUT2D eigenvalue weighted by molar-refractivity contribution is 0.0945. The maximum absolute atomic E-state index is 15.3. The number of aromatic nitrogens is 2. The molecule has 0 saturated heterocycles. The van der Waals surface area contributed by atoms with Gasteiger partial charge in [-0.1, -0.05) is 35.2 Å². The first kappa shape index (κ1) is 26.8. The molecule has 5 rings (SSSR count). The first-order chi connectivity index (χ1) is 19.3. The third-order valence-electron chi connectivity index (χ3n) is 5.87. The average molecular weight is 573 g/mol. The number of hydrogen-bond donors (Lipinski definition) is 3. The zero-order valence-corrected chi connectivity index (χ0v) is 22.1. The maximum atomic E-state index is 15.3. The SMILES string of the molecule is C#Cc1cc(Cl)cc(Oc2c(Cl)ccc(CNC(=O)c3cc4cc(NC(=O)c5cccnc5)ccc4[nH]3)c2F)c1. The fourth-order valence-electron chi connectivity index (χ4n) is 3.93. The maximum Gasteiger partial charge on any atom is 0.267 e. The molecule has 10 heteroatoms. The Morgan fingerprint density at radius 2 is 1.90 bits per heavy atom. The van der Waals surface area contributed by atoms with E-state index >= 15 is 4.39 Å². The van der Waals surface area contributed by atoms with E-state index in [9.17, 15) is 9.59 Å². The number of carbonyl (C=O) groups is 2. The number of benzene rings is 3. The number of hydrogen-bond acceptors (Lipinski definition) is 4. The van der Waals surface area contributed by atoms with Crippen molar-refractivity contribution >= 4 is 51.6 Å². The summed E-state index contributed by atoms with van der Waals surface area (Å²) in [5.74, 6) is 0.954. The second-order valence-corrected chi connectivity index (χ2v) is 9.48. The summed E-state index contributed by atoms with van der Waals surface area (Å²) in [4.78, 5) is 32.3. The lowest BCUT2D eigenvalue weighted by Crippen LogP contribution is -2.23. The summed E-state index contributed by atoms with van der Waals surface area (Å²) in [6, 6.07) is 17.7. The Balaban J connectivity index is 1.28. The van der Waals surface area contributed by atoms with Crippen molar-refractivity contribution in [3.8, 4) is 23.8 Å².